The van der Waals surface area contributed by atoms with Crippen LogP contribution in [0.5, 0.6) is 0 Å². The van der Waals surface area contributed by atoms with Crippen molar-refractivity contribution in [2.24, 2.45) is 0 Å². The van der Waals surface area contributed by atoms with Crippen LogP contribution in [-0.4, -0.2) is 48.1 Å². The fraction of sp³-hybridized carbons (Fsp3) is 0.407. The highest BCUT2D eigenvalue weighted by Crippen LogP contribution is 2.30. The number of nitrogens with zero attached hydrogens (tertiary/aromatic N) is 5. The Bertz CT molecular complexity index is 1240. The molecular weight excluding hydrogens is 443 g/mol. The Kier molecular flexibility index (Phi) is 6.75. The van der Waals surface area contributed by atoms with E-state index in [2.05, 4.69) is 16.3 Å². The van der Waals surface area contributed by atoms with Gasteiger partial charge in [0.05, 0.1) is 22.8 Å². The number of para-hydroxylation sites is 3. The molecule has 35 heavy (non-hydrogen) atoms. The van der Waals surface area contributed by atoms with E-state index in [0.717, 1.165) is 25.7 Å². The van der Waals surface area contributed by atoms with Crippen LogP contribution in [0.25, 0.3) is 11.0 Å². The number of benzene rings is 2. The molecule has 1 aromatic heterocycles. The maximum atomic E-state index is 14.3. The van der Waals surface area contributed by atoms with Gasteiger partial charge in [-0.2, -0.15) is 5.26 Å². The number of rotatable bonds is 5. The van der Waals surface area contributed by atoms with Gasteiger partial charge >= 0.3 is 0 Å². The van der Waals surface area contributed by atoms with Crippen LogP contribution in [0.4, 0.5) is 15.9 Å². The zero-order chi connectivity index (χ0) is 24.2. The van der Waals surface area contributed by atoms with Gasteiger partial charge in [-0.25, -0.2) is 14.4 Å². The topological polar surface area (TPSA) is 85.1 Å². The molecule has 7 nitrogen and oxygen atoms in total. The van der Waals surface area contributed by atoms with Crippen molar-refractivity contribution in [2.75, 3.05) is 36.0 Å². The Labute approximate surface area is 204 Å². The molecule has 8 heteroatoms. The minimum atomic E-state index is -1.05. The fourth-order valence-corrected chi connectivity index (χ4v) is 5.07. The summed E-state index contributed by atoms with van der Waals surface area (Å²) in [7, 11) is 0. The third-order valence-electron chi connectivity index (χ3n) is 6.97. The summed E-state index contributed by atoms with van der Waals surface area (Å²) in [5, 5.41) is 13.1. The third kappa shape index (κ3) is 4.90. The number of nitrogens with one attached hydrogen (secondary N) is 1. The van der Waals surface area contributed by atoms with Crippen molar-refractivity contribution in [3.63, 3.8) is 0 Å². The smallest absolute Gasteiger partial charge is 0.243 e. The van der Waals surface area contributed by atoms with Gasteiger partial charge in [-0.05, 0) is 37.1 Å². The molecule has 1 aliphatic carbocycles. The van der Waals surface area contributed by atoms with Crippen molar-refractivity contribution in [2.45, 2.75) is 44.1 Å². The van der Waals surface area contributed by atoms with Crippen molar-refractivity contribution in [3.8, 4) is 6.07 Å². The number of carbonyl (C=O) groups excluding carboxylic acids is 1. The van der Waals surface area contributed by atoms with E-state index >= 15 is 0 Å². The van der Waals surface area contributed by atoms with E-state index in [4.69, 9.17) is 9.97 Å². The van der Waals surface area contributed by atoms with Crippen molar-refractivity contribution in [1.82, 2.24) is 15.3 Å². The first kappa shape index (κ1) is 23.0. The van der Waals surface area contributed by atoms with Gasteiger partial charge in [0.25, 0.3) is 0 Å². The van der Waals surface area contributed by atoms with Gasteiger partial charge in [0.1, 0.15) is 11.5 Å². The van der Waals surface area contributed by atoms with Crippen LogP contribution in [0.3, 0.4) is 0 Å². The standard InChI is InChI=1S/C27H29FN6O/c28-21-10-4-7-13-24(21)33-14-16-34(17-15-33)26-25(31-22-11-5-6-12-23(22)32-26)20(18-29)27(35)30-19-8-2-1-3-9-19/h4-7,10-13,19-20H,1-3,8-9,14-17H2,(H,30,35). The number of halogens is 1. The summed E-state index contributed by atoms with van der Waals surface area (Å²) >= 11 is 0. The van der Waals surface area contributed by atoms with Gasteiger partial charge in [0.15, 0.2) is 11.7 Å². The van der Waals surface area contributed by atoms with Crippen molar-refractivity contribution in [1.29, 1.82) is 5.26 Å². The second-order valence-corrected chi connectivity index (χ2v) is 9.25. The van der Waals surface area contributed by atoms with E-state index < -0.39 is 5.92 Å². The number of carbonyl (C=O) groups is 1. The van der Waals surface area contributed by atoms with Crippen LogP contribution in [-0.2, 0) is 4.79 Å². The lowest BCUT2D eigenvalue weighted by Crippen LogP contribution is -2.48. The first-order valence-corrected chi connectivity index (χ1v) is 12.3. The van der Waals surface area contributed by atoms with E-state index in [1.165, 1.54) is 12.5 Å². The summed E-state index contributed by atoms with van der Waals surface area (Å²) in [6.45, 7) is 2.36. The van der Waals surface area contributed by atoms with Crippen molar-refractivity contribution >= 4 is 28.4 Å². The molecule has 1 amide bonds. The van der Waals surface area contributed by atoms with Crippen LogP contribution >= 0.6 is 0 Å². The summed E-state index contributed by atoms with van der Waals surface area (Å²) in [6, 6.07) is 16.6. The lowest BCUT2D eigenvalue weighted by Gasteiger charge is -2.37. The highest BCUT2D eigenvalue weighted by atomic mass is 19.1. The Morgan fingerprint density at radius 3 is 2.26 bits per heavy atom. The summed E-state index contributed by atoms with van der Waals surface area (Å²) in [6.07, 6.45) is 5.26. The molecule has 0 spiro atoms. The molecule has 0 bridgehead atoms. The van der Waals surface area contributed by atoms with Crippen LogP contribution in [0.15, 0.2) is 48.5 Å². The Hall–Kier alpha value is -3.73. The molecule has 1 N–H and O–H groups in total. The fourth-order valence-electron chi connectivity index (χ4n) is 5.07. The Morgan fingerprint density at radius 1 is 0.943 bits per heavy atom. The van der Waals surface area contributed by atoms with Crippen LogP contribution in [0.1, 0.15) is 43.7 Å². The number of piperazine rings is 1. The lowest BCUT2D eigenvalue weighted by atomic mass is 9.94. The van der Waals surface area contributed by atoms with Gasteiger partial charge < -0.3 is 15.1 Å². The first-order chi connectivity index (χ1) is 17.1. The number of fused-ring (bicyclic) bond motifs is 1. The average Bonchev–Trinajstić information content (AvgIpc) is 2.90. The van der Waals surface area contributed by atoms with Crippen LogP contribution in [0.2, 0.25) is 0 Å². The van der Waals surface area contributed by atoms with Crippen LogP contribution < -0.4 is 15.1 Å². The van der Waals surface area contributed by atoms with E-state index in [1.54, 1.807) is 12.1 Å². The van der Waals surface area contributed by atoms with E-state index in [1.807, 2.05) is 35.2 Å². The largest absolute Gasteiger partial charge is 0.366 e. The summed E-state index contributed by atoms with van der Waals surface area (Å²) in [4.78, 5) is 26.9. The molecule has 0 radical (unpaired) electrons. The number of aromatic nitrogens is 2. The molecule has 1 aliphatic heterocycles. The van der Waals surface area contributed by atoms with Gasteiger partial charge in [0, 0.05) is 32.2 Å². The number of hydrogen-bond donors (Lipinski definition) is 1. The van der Waals surface area contributed by atoms with E-state index in [-0.39, 0.29) is 17.8 Å². The molecule has 1 saturated carbocycles. The number of amides is 1. The zero-order valence-corrected chi connectivity index (χ0v) is 19.7. The maximum absolute atomic E-state index is 14.3. The van der Waals surface area contributed by atoms with Gasteiger partial charge in [-0.3, -0.25) is 4.79 Å². The summed E-state index contributed by atoms with van der Waals surface area (Å²) in [5.74, 6) is -1.04. The number of nitriles is 1. The highest BCUT2D eigenvalue weighted by Gasteiger charge is 2.31. The molecule has 180 valence electrons. The zero-order valence-electron chi connectivity index (χ0n) is 19.7. The molecule has 2 heterocycles. The normalized spacial score (nSPS) is 17.7. The highest BCUT2D eigenvalue weighted by molar-refractivity contribution is 5.89. The van der Waals surface area contributed by atoms with E-state index in [9.17, 15) is 14.4 Å². The molecule has 1 unspecified atom stereocenters. The Morgan fingerprint density at radius 2 is 1.57 bits per heavy atom. The molecule has 2 aromatic carbocycles. The molecular formula is C27H29FN6O. The lowest BCUT2D eigenvalue weighted by molar-refractivity contribution is -0.122. The molecule has 5 rings (SSSR count). The quantitative estimate of drug-likeness (QED) is 0.601. The van der Waals surface area contributed by atoms with Crippen LogP contribution in [0, 0.1) is 17.1 Å². The molecule has 1 saturated heterocycles. The molecule has 3 aromatic rings. The van der Waals surface area contributed by atoms with Crippen molar-refractivity contribution < 1.29 is 9.18 Å². The monoisotopic (exact) mass is 472 g/mol. The van der Waals surface area contributed by atoms with Gasteiger partial charge in [-0.1, -0.05) is 43.5 Å². The SMILES string of the molecule is N#CC(C(=O)NC1CCCCC1)c1nc2ccccc2nc1N1CCN(c2ccccc2F)CC1. The molecule has 2 fully saturated rings. The minimum absolute atomic E-state index is 0.105. The molecule has 2 aliphatic rings. The summed E-state index contributed by atoms with van der Waals surface area (Å²) in [5.41, 5.74) is 2.34. The Balaban J connectivity index is 1.43. The maximum Gasteiger partial charge on any atom is 0.243 e. The predicted octanol–water partition coefficient (Wildman–Crippen LogP) is 4.15. The second-order valence-electron chi connectivity index (χ2n) is 9.25. The van der Waals surface area contributed by atoms with Crippen molar-refractivity contribution in [3.05, 3.63) is 60.0 Å². The third-order valence-corrected chi connectivity index (χ3v) is 6.97. The second kappa shape index (κ2) is 10.3. The first-order valence-electron chi connectivity index (χ1n) is 12.3. The molecule has 1 atom stereocenters. The van der Waals surface area contributed by atoms with E-state index in [0.29, 0.717) is 54.4 Å². The average molecular weight is 473 g/mol. The van der Waals surface area contributed by atoms with Gasteiger partial charge in [-0.15, -0.1) is 0 Å². The minimum Gasteiger partial charge on any atom is -0.366 e. The number of anilines is 2. The predicted molar refractivity (Wildman–Crippen MR) is 134 cm³/mol. The number of hydrogen-bond acceptors (Lipinski definition) is 6. The summed E-state index contributed by atoms with van der Waals surface area (Å²) < 4.78 is 14.3. The van der Waals surface area contributed by atoms with Gasteiger partial charge in [0.2, 0.25) is 5.91 Å².